The first-order valence-electron chi connectivity index (χ1n) is 10.1. The summed E-state index contributed by atoms with van der Waals surface area (Å²) in [6.45, 7) is 4.71. The number of rotatable bonds is 9. The van der Waals surface area contributed by atoms with Gasteiger partial charge in [-0.25, -0.2) is 9.78 Å². The Hall–Kier alpha value is -2.92. The number of aliphatic hydroxyl groups is 1. The Balaban J connectivity index is 1.94. The minimum atomic E-state index is -0.933. The highest BCUT2D eigenvalue weighted by Crippen LogP contribution is 2.26. The molecule has 0 aliphatic heterocycles. The van der Waals surface area contributed by atoms with Crippen molar-refractivity contribution in [3.63, 3.8) is 0 Å². The summed E-state index contributed by atoms with van der Waals surface area (Å²) in [6.07, 6.45) is 4.96. The number of carboxylic acids is 1. The van der Waals surface area contributed by atoms with Crippen LogP contribution in [-0.4, -0.2) is 32.3 Å². The van der Waals surface area contributed by atoms with Crippen LogP contribution in [0.25, 0.3) is 11.1 Å². The van der Waals surface area contributed by atoms with E-state index in [9.17, 15) is 15.0 Å². The van der Waals surface area contributed by atoms with Gasteiger partial charge < -0.3 is 14.8 Å². The summed E-state index contributed by atoms with van der Waals surface area (Å²) in [6, 6.07) is 15.2. The van der Waals surface area contributed by atoms with Gasteiger partial charge in [0.05, 0.1) is 17.9 Å². The van der Waals surface area contributed by atoms with Crippen LogP contribution in [0.5, 0.6) is 0 Å². The van der Waals surface area contributed by atoms with Gasteiger partial charge in [-0.15, -0.1) is 0 Å². The van der Waals surface area contributed by atoms with Crippen molar-refractivity contribution in [2.75, 3.05) is 6.61 Å². The fourth-order valence-corrected chi connectivity index (χ4v) is 3.41. The van der Waals surface area contributed by atoms with Gasteiger partial charge in [-0.05, 0) is 29.2 Å². The molecule has 0 spiro atoms. The van der Waals surface area contributed by atoms with Gasteiger partial charge in [0.25, 0.3) is 0 Å². The van der Waals surface area contributed by atoms with Gasteiger partial charge in [0, 0.05) is 25.1 Å². The molecule has 0 bridgehead atoms. The van der Waals surface area contributed by atoms with E-state index in [1.54, 1.807) is 6.07 Å². The van der Waals surface area contributed by atoms with Gasteiger partial charge >= 0.3 is 5.97 Å². The number of carboxylic acid groups (broad SMARTS) is 1. The average Bonchev–Trinajstić information content (AvgIpc) is 3.14. The lowest BCUT2D eigenvalue weighted by atomic mass is 9.97. The third-order valence-corrected chi connectivity index (χ3v) is 5.16. The molecule has 1 aromatic heterocycles. The SMILES string of the molecule is CCCCc1nc(C(C)CO)cn1Cc1ccc(-c2ccccc2)c(C(=O)O)c1. The van der Waals surface area contributed by atoms with Crippen LogP contribution < -0.4 is 0 Å². The molecule has 0 aliphatic rings. The topological polar surface area (TPSA) is 75.4 Å². The van der Waals surface area contributed by atoms with Crippen molar-refractivity contribution < 1.29 is 15.0 Å². The van der Waals surface area contributed by atoms with Crippen molar-refractivity contribution in [3.05, 3.63) is 77.4 Å². The molecule has 0 saturated carbocycles. The largest absolute Gasteiger partial charge is 0.478 e. The van der Waals surface area contributed by atoms with Gasteiger partial charge in [0.15, 0.2) is 0 Å². The third kappa shape index (κ3) is 4.93. The van der Waals surface area contributed by atoms with E-state index in [-0.39, 0.29) is 12.5 Å². The minimum Gasteiger partial charge on any atom is -0.478 e. The maximum Gasteiger partial charge on any atom is 0.336 e. The maximum atomic E-state index is 11.9. The molecule has 3 aromatic rings. The Morgan fingerprint density at radius 3 is 2.59 bits per heavy atom. The Bertz CT molecular complexity index is 964. The highest BCUT2D eigenvalue weighted by molar-refractivity contribution is 5.96. The summed E-state index contributed by atoms with van der Waals surface area (Å²) in [5, 5.41) is 19.2. The second-order valence-corrected chi connectivity index (χ2v) is 7.45. The van der Waals surface area contributed by atoms with Gasteiger partial charge in [0.2, 0.25) is 0 Å². The van der Waals surface area contributed by atoms with Crippen LogP contribution in [0.15, 0.2) is 54.7 Å². The third-order valence-electron chi connectivity index (χ3n) is 5.16. The summed E-state index contributed by atoms with van der Waals surface area (Å²) in [5.41, 5.74) is 3.70. The zero-order valence-corrected chi connectivity index (χ0v) is 17.0. The Morgan fingerprint density at radius 2 is 1.93 bits per heavy atom. The van der Waals surface area contributed by atoms with Crippen LogP contribution in [0.3, 0.4) is 0 Å². The first-order valence-corrected chi connectivity index (χ1v) is 10.1. The molecule has 5 nitrogen and oxygen atoms in total. The van der Waals surface area contributed by atoms with Crippen LogP contribution in [0.2, 0.25) is 0 Å². The fraction of sp³-hybridized carbons (Fsp3) is 0.333. The van der Waals surface area contributed by atoms with Crippen molar-refractivity contribution in [1.82, 2.24) is 9.55 Å². The normalized spacial score (nSPS) is 12.1. The van der Waals surface area contributed by atoms with Crippen LogP contribution in [0, 0.1) is 0 Å². The number of benzene rings is 2. The quantitative estimate of drug-likeness (QED) is 0.552. The fourth-order valence-electron chi connectivity index (χ4n) is 3.41. The highest BCUT2D eigenvalue weighted by atomic mass is 16.4. The smallest absolute Gasteiger partial charge is 0.336 e. The zero-order chi connectivity index (χ0) is 20.8. The summed E-state index contributed by atoms with van der Waals surface area (Å²) >= 11 is 0. The summed E-state index contributed by atoms with van der Waals surface area (Å²) in [7, 11) is 0. The lowest BCUT2D eigenvalue weighted by Gasteiger charge is -2.11. The molecule has 2 aromatic carbocycles. The number of imidazole rings is 1. The number of aromatic carboxylic acids is 1. The number of hydrogen-bond donors (Lipinski definition) is 2. The zero-order valence-electron chi connectivity index (χ0n) is 17.0. The number of aromatic nitrogens is 2. The second kappa shape index (κ2) is 9.52. The molecule has 0 fully saturated rings. The lowest BCUT2D eigenvalue weighted by Crippen LogP contribution is -2.07. The van der Waals surface area contributed by atoms with E-state index in [0.717, 1.165) is 41.9 Å². The Labute approximate surface area is 171 Å². The predicted molar refractivity (Wildman–Crippen MR) is 114 cm³/mol. The van der Waals surface area contributed by atoms with Gasteiger partial charge in [0.1, 0.15) is 5.82 Å². The lowest BCUT2D eigenvalue weighted by molar-refractivity contribution is 0.0697. The van der Waals surface area contributed by atoms with E-state index in [1.165, 1.54) is 0 Å². The molecule has 0 radical (unpaired) electrons. The van der Waals surface area contributed by atoms with Crippen LogP contribution in [-0.2, 0) is 13.0 Å². The van der Waals surface area contributed by atoms with E-state index >= 15 is 0 Å². The molecule has 1 heterocycles. The highest BCUT2D eigenvalue weighted by Gasteiger charge is 2.16. The van der Waals surface area contributed by atoms with Crippen molar-refractivity contribution in [3.8, 4) is 11.1 Å². The molecule has 2 N–H and O–H groups in total. The molecular formula is C24H28N2O3. The molecule has 5 heteroatoms. The molecule has 0 amide bonds. The van der Waals surface area contributed by atoms with Crippen molar-refractivity contribution in [2.24, 2.45) is 0 Å². The Morgan fingerprint density at radius 1 is 1.17 bits per heavy atom. The van der Waals surface area contributed by atoms with E-state index < -0.39 is 5.97 Å². The molecular weight excluding hydrogens is 364 g/mol. The summed E-state index contributed by atoms with van der Waals surface area (Å²) in [4.78, 5) is 16.6. The molecule has 29 heavy (non-hydrogen) atoms. The maximum absolute atomic E-state index is 11.9. The van der Waals surface area contributed by atoms with Crippen molar-refractivity contribution >= 4 is 5.97 Å². The van der Waals surface area contributed by atoms with Crippen LogP contribution >= 0.6 is 0 Å². The number of aryl methyl sites for hydroxylation is 1. The van der Waals surface area contributed by atoms with Crippen molar-refractivity contribution in [1.29, 1.82) is 0 Å². The number of unbranched alkanes of at least 4 members (excludes halogenated alkanes) is 1. The molecule has 1 atom stereocenters. The van der Waals surface area contributed by atoms with Gasteiger partial charge in [-0.1, -0.05) is 62.7 Å². The minimum absolute atomic E-state index is 0.0216. The summed E-state index contributed by atoms with van der Waals surface area (Å²) < 4.78 is 2.08. The second-order valence-electron chi connectivity index (χ2n) is 7.45. The number of aliphatic hydroxyl groups excluding tert-OH is 1. The predicted octanol–water partition coefficient (Wildman–Crippen LogP) is 4.74. The average molecular weight is 392 g/mol. The molecule has 0 saturated heterocycles. The molecule has 152 valence electrons. The van der Waals surface area contributed by atoms with Gasteiger partial charge in [-0.3, -0.25) is 0 Å². The van der Waals surface area contributed by atoms with Gasteiger partial charge in [-0.2, -0.15) is 0 Å². The first kappa shape index (κ1) is 20.8. The standard InChI is InChI=1S/C24H28N2O3/c1-3-4-10-23-25-22(17(2)16-27)15-26(23)14-18-11-12-20(21(13-18)24(28)29)19-8-6-5-7-9-19/h5-9,11-13,15,17,27H,3-4,10,14,16H2,1-2H3,(H,28,29). The Kier molecular flexibility index (Phi) is 6.83. The molecule has 3 rings (SSSR count). The van der Waals surface area contributed by atoms with E-state index in [2.05, 4.69) is 11.5 Å². The number of hydrogen-bond acceptors (Lipinski definition) is 3. The molecule has 0 aliphatic carbocycles. The van der Waals surface area contributed by atoms with E-state index in [0.29, 0.717) is 17.7 Å². The van der Waals surface area contributed by atoms with Crippen molar-refractivity contribution in [2.45, 2.75) is 45.6 Å². The van der Waals surface area contributed by atoms with E-state index in [4.69, 9.17) is 4.98 Å². The first-order chi connectivity index (χ1) is 14.0. The van der Waals surface area contributed by atoms with E-state index in [1.807, 2.05) is 55.6 Å². The number of carbonyl (C=O) groups is 1. The van der Waals surface area contributed by atoms with Crippen LogP contribution in [0.1, 0.15) is 60.0 Å². The monoisotopic (exact) mass is 392 g/mol. The summed E-state index contributed by atoms with van der Waals surface area (Å²) in [5.74, 6) is 0.0231. The molecule has 1 unspecified atom stereocenters. The van der Waals surface area contributed by atoms with Crippen LogP contribution in [0.4, 0.5) is 0 Å². The number of nitrogens with zero attached hydrogens (tertiary/aromatic N) is 2.